The van der Waals surface area contributed by atoms with E-state index in [2.05, 4.69) is 9.97 Å². The molecule has 0 atom stereocenters. The van der Waals surface area contributed by atoms with Crippen LogP contribution in [0.1, 0.15) is 19.0 Å². The van der Waals surface area contributed by atoms with E-state index < -0.39 is 11.2 Å². The molecule has 29 heavy (non-hydrogen) atoms. The first-order valence-corrected chi connectivity index (χ1v) is 10.1. The highest BCUT2D eigenvalue weighted by Crippen LogP contribution is 2.29. The smallest absolute Gasteiger partial charge is 0.329 e. The Kier molecular flexibility index (Phi) is 5.18. The van der Waals surface area contributed by atoms with Crippen LogP contribution in [0.15, 0.2) is 62.4 Å². The second-order valence-corrected chi connectivity index (χ2v) is 7.46. The summed E-state index contributed by atoms with van der Waals surface area (Å²) < 4.78 is 6.47. The van der Waals surface area contributed by atoms with Gasteiger partial charge in [0.25, 0.3) is 5.56 Å². The van der Waals surface area contributed by atoms with E-state index in [0.717, 1.165) is 22.1 Å². The molecular weight excluding hydrogens is 390 g/mol. The molecule has 148 valence electrons. The molecule has 0 aliphatic carbocycles. The molecule has 0 unspecified atom stereocenters. The lowest BCUT2D eigenvalue weighted by Gasteiger charge is -2.08. The molecule has 0 fully saturated rings. The van der Waals surface area contributed by atoms with Gasteiger partial charge in [0.2, 0.25) is 5.43 Å². The summed E-state index contributed by atoms with van der Waals surface area (Å²) in [5, 5.41) is 2.33. The van der Waals surface area contributed by atoms with Gasteiger partial charge in [0.05, 0.1) is 18.5 Å². The van der Waals surface area contributed by atoms with Gasteiger partial charge in [-0.3, -0.25) is 19.1 Å². The molecule has 0 aliphatic heterocycles. The third-order valence-corrected chi connectivity index (χ3v) is 5.42. The SMILES string of the molecule is CCCOc1c[nH]c(Cn2c(=O)[nH]c3scc(-c4ccccc4)c3c2=O)cc1=O. The number of hydrogen-bond donors (Lipinski definition) is 2. The zero-order valence-corrected chi connectivity index (χ0v) is 16.5. The zero-order valence-electron chi connectivity index (χ0n) is 15.7. The molecule has 8 heteroatoms. The molecule has 0 aliphatic rings. The summed E-state index contributed by atoms with van der Waals surface area (Å²) in [6, 6.07) is 10.9. The van der Waals surface area contributed by atoms with Crippen molar-refractivity contribution in [3.63, 3.8) is 0 Å². The van der Waals surface area contributed by atoms with Crippen molar-refractivity contribution < 1.29 is 4.74 Å². The first-order valence-electron chi connectivity index (χ1n) is 9.22. The fourth-order valence-electron chi connectivity index (χ4n) is 3.11. The van der Waals surface area contributed by atoms with Gasteiger partial charge in [0, 0.05) is 28.9 Å². The Hall–Kier alpha value is -3.39. The van der Waals surface area contributed by atoms with E-state index in [1.54, 1.807) is 0 Å². The zero-order chi connectivity index (χ0) is 20.4. The van der Waals surface area contributed by atoms with Crippen LogP contribution in [-0.4, -0.2) is 21.1 Å². The highest BCUT2D eigenvalue weighted by atomic mass is 32.1. The van der Waals surface area contributed by atoms with Crippen molar-refractivity contribution in [2.45, 2.75) is 19.9 Å². The number of aromatic amines is 2. The Morgan fingerprint density at radius 1 is 1.14 bits per heavy atom. The molecule has 0 spiro atoms. The number of benzene rings is 1. The number of ether oxygens (including phenoxy) is 1. The molecule has 4 rings (SSSR count). The van der Waals surface area contributed by atoms with Crippen LogP contribution in [0.4, 0.5) is 0 Å². The predicted molar refractivity (Wildman–Crippen MR) is 114 cm³/mol. The minimum absolute atomic E-state index is 0.0442. The summed E-state index contributed by atoms with van der Waals surface area (Å²) in [7, 11) is 0. The fourth-order valence-corrected chi connectivity index (χ4v) is 4.07. The molecule has 0 radical (unpaired) electrons. The molecule has 1 aromatic carbocycles. The Morgan fingerprint density at radius 3 is 2.66 bits per heavy atom. The normalized spacial score (nSPS) is 11.1. The van der Waals surface area contributed by atoms with Gasteiger partial charge in [-0.1, -0.05) is 37.3 Å². The lowest BCUT2D eigenvalue weighted by molar-refractivity contribution is 0.313. The van der Waals surface area contributed by atoms with Crippen LogP contribution in [0.2, 0.25) is 0 Å². The van der Waals surface area contributed by atoms with Gasteiger partial charge in [-0.25, -0.2) is 4.79 Å². The first-order chi connectivity index (χ1) is 14.1. The summed E-state index contributed by atoms with van der Waals surface area (Å²) in [4.78, 5) is 44.1. The van der Waals surface area contributed by atoms with E-state index in [0.29, 0.717) is 22.5 Å². The number of rotatable bonds is 6. The van der Waals surface area contributed by atoms with Crippen LogP contribution in [0.5, 0.6) is 5.75 Å². The van der Waals surface area contributed by atoms with E-state index in [1.807, 2.05) is 42.6 Å². The van der Waals surface area contributed by atoms with Crippen LogP contribution in [-0.2, 0) is 6.54 Å². The second-order valence-electron chi connectivity index (χ2n) is 6.58. The van der Waals surface area contributed by atoms with Crippen LogP contribution in [0.3, 0.4) is 0 Å². The molecule has 0 amide bonds. The molecule has 2 N–H and O–H groups in total. The summed E-state index contributed by atoms with van der Waals surface area (Å²) in [5.74, 6) is 0.219. The minimum atomic E-state index is -0.517. The van der Waals surface area contributed by atoms with Gasteiger partial charge >= 0.3 is 5.69 Å². The van der Waals surface area contributed by atoms with Gasteiger partial charge in [0.1, 0.15) is 4.83 Å². The van der Waals surface area contributed by atoms with Crippen LogP contribution < -0.4 is 21.4 Å². The maximum atomic E-state index is 13.1. The van der Waals surface area contributed by atoms with Crippen molar-refractivity contribution in [3.05, 3.63) is 84.7 Å². The largest absolute Gasteiger partial charge is 0.488 e. The summed E-state index contributed by atoms with van der Waals surface area (Å²) >= 11 is 1.32. The summed E-state index contributed by atoms with van der Waals surface area (Å²) in [6.07, 6.45) is 2.25. The number of H-pyrrole nitrogens is 2. The van der Waals surface area contributed by atoms with E-state index in [4.69, 9.17) is 4.74 Å². The van der Waals surface area contributed by atoms with E-state index in [1.165, 1.54) is 23.6 Å². The molecule has 4 aromatic rings. The highest BCUT2D eigenvalue weighted by Gasteiger charge is 2.15. The van der Waals surface area contributed by atoms with E-state index >= 15 is 0 Å². The van der Waals surface area contributed by atoms with Gasteiger partial charge in [-0.05, 0) is 12.0 Å². The number of fused-ring (bicyclic) bond motifs is 1. The number of pyridine rings is 1. The van der Waals surface area contributed by atoms with Crippen LogP contribution in [0, 0.1) is 0 Å². The summed E-state index contributed by atoms with van der Waals surface area (Å²) in [6.45, 7) is 2.35. The third-order valence-electron chi connectivity index (χ3n) is 4.53. The average Bonchev–Trinajstić information content (AvgIpc) is 3.15. The van der Waals surface area contributed by atoms with Crippen molar-refractivity contribution >= 4 is 21.6 Å². The molecule has 3 aromatic heterocycles. The van der Waals surface area contributed by atoms with Crippen molar-refractivity contribution in [1.29, 1.82) is 0 Å². The molecule has 3 heterocycles. The van der Waals surface area contributed by atoms with Gasteiger partial charge in [-0.2, -0.15) is 0 Å². The quantitative estimate of drug-likeness (QED) is 0.512. The lowest BCUT2D eigenvalue weighted by Crippen LogP contribution is -2.35. The summed E-state index contributed by atoms with van der Waals surface area (Å²) in [5.41, 5.74) is 0.922. The first kappa shape index (κ1) is 18.9. The van der Waals surface area contributed by atoms with E-state index in [-0.39, 0.29) is 17.7 Å². The van der Waals surface area contributed by atoms with Crippen molar-refractivity contribution in [3.8, 4) is 16.9 Å². The molecule has 7 nitrogen and oxygen atoms in total. The molecule has 0 saturated carbocycles. The van der Waals surface area contributed by atoms with Crippen LogP contribution >= 0.6 is 11.3 Å². The van der Waals surface area contributed by atoms with Gasteiger partial charge in [0.15, 0.2) is 5.75 Å². The Balaban J connectivity index is 1.77. The molecule has 0 saturated heterocycles. The maximum Gasteiger partial charge on any atom is 0.329 e. The standard InChI is InChI=1S/C21H19N3O4S/c1-2-8-28-17-10-22-14(9-16(17)25)11-24-20(26)18-15(13-6-4-3-5-7-13)12-29-19(18)23-21(24)27/h3-7,9-10,12H,2,8,11H2,1H3,(H,22,25)(H,23,27). The number of thiophene rings is 1. The number of nitrogens with zero attached hydrogens (tertiary/aromatic N) is 1. The fraction of sp³-hybridized carbons (Fsp3) is 0.190. The monoisotopic (exact) mass is 409 g/mol. The van der Waals surface area contributed by atoms with Crippen molar-refractivity contribution in [2.75, 3.05) is 6.61 Å². The number of aromatic nitrogens is 3. The van der Waals surface area contributed by atoms with Crippen molar-refractivity contribution in [2.24, 2.45) is 0 Å². The number of nitrogens with one attached hydrogen (secondary N) is 2. The van der Waals surface area contributed by atoms with E-state index in [9.17, 15) is 14.4 Å². The molecular formula is C21H19N3O4S. The van der Waals surface area contributed by atoms with Crippen molar-refractivity contribution in [1.82, 2.24) is 14.5 Å². The maximum absolute atomic E-state index is 13.1. The topological polar surface area (TPSA) is 96.9 Å². The van der Waals surface area contributed by atoms with Crippen LogP contribution in [0.25, 0.3) is 21.3 Å². The third kappa shape index (κ3) is 3.66. The second kappa shape index (κ2) is 7.92. The highest BCUT2D eigenvalue weighted by molar-refractivity contribution is 7.17. The minimum Gasteiger partial charge on any atom is -0.488 e. The Labute approximate surface area is 169 Å². The Bertz CT molecular complexity index is 1330. The number of hydrogen-bond acceptors (Lipinski definition) is 5. The Morgan fingerprint density at radius 2 is 1.93 bits per heavy atom. The van der Waals surface area contributed by atoms with Gasteiger partial charge in [-0.15, -0.1) is 11.3 Å². The average molecular weight is 409 g/mol. The van der Waals surface area contributed by atoms with Gasteiger partial charge < -0.3 is 9.72 Å². The predicted octanol–water partition coefficient (Wildman–Crippen LogP) is 2.94. The molecule has 0 bridgehead atoms. The lowest BCUT2D eigenvalue weighted by atomic mass is 10.1.